The summed E-state index contributed by atoms with van der Waals surface area (Å²) in [5.74, 6) is -0.118. The summed E-state index contributed by atoms with van der Waals surface area (Å²) >= 11 is 0. The summed E-state index contributed by atoms with van der Waals surface area (Å²) in [5, 5.41) is 8.72. The first-order valence-electron chi connectivity index (χ1n) is 5.84. The van der Waals surface area contributed by atoms with Crippen LogP contribution in [0.1, 0.15) is 33.5 Å². The number of carbonyl (C=O) groups is 2. The number of aromatic carboxylic acids is 1. The summed E-state index contributed by atoms with van der Waals surface area (Å²) < 4.78 is 5.44. The summed E-state index contributed by atoms with van der Waals surface area (Å²) in [6, 6.07) is 6.71. The van der Waals surface area contributed by atoms with Crippen LogP contribution in [0.15, 0.2) is 36.7 Å². The van der Waals surface area contributed by atoms with Crippen molar-refractivity contribution in [3.8, 4) is 5.75 Å². The molecule has 1 N–H and O–H groups in total. The van der Waals surface area contributed by atoms with Crippen LogP contribution in [0.4, 0.5) is 0 Å². The highest BCUT2D eigenvalue weighted by molar-refractivity contribution is 5.94. The van der Waals surface area contributed by atoms with E-state index in [1.165, 1.54) is 19.3 Å². The van der Waals surface area contributed by atoms with Gasteiger partial charge in [-0.05, 0) is 31.2 Å². The van der Waals surface area contributed by atoms with Crippen molar-refractivity contribution in [1.82, 2.24) is 9.97 Å². The van der Waals surface area contributed by atoms with E-state index in [9.17, 15) is 9.59 Å². The molecule has 1 aromatic carbocycles. The van der Waals surface area contributed by atoms with Gasteiger partial charge in [0, 0.05) is 18.0 Å². The Labute approximate surface area is 115 Å². The molecule has 2 rings (SSSR count). The number of benzene rings is 1. The van der Waals surface area contributed by atoms with Crippen LogP contribution < -0.4 is 4.74 Å². The fraction of sp³-hybridized carbons (Fsp3) is 0.143. The van der Waals surface area contributed by atoms with Gasteiger partial charge in [-0.15, -0.1) is 0 Å². The molecule has 1 aromatic heterocycles. The Balaban J connectivity index is 1.97. The Morgan fingerprint density at radius 3 is 2.20 bits per heavy atom. The summed E-state index contributed by atoms with van der Waals surface area (Å²) in [6.07, 6.45) is 2.46. The van der Waals surface area contributed by atoms with Gasteiger partial charge >= 0.3 is 5.97 Å². The van der Waals surface area contributed by atoms with Gasteiger partial charge in [0.05, 0.1) is 5.56 Å². The van der Waals surface area contributed by atoms with E-state index in [1.54, 1.807) is 24.3 Å². The molecule has 0 saturated heterocycles. The van der Waals surface area contributed by atoms with Crippen molar-refractivity contribution in [3.63, 3.8) is 0 Å². The first-order chi connectivity index (χ1) is 9.56. The number of ketones is 1. The van der Waals surface area contributed by atoms with Gasteiger partial charge < -0.3 is 9.84 Å². The second-order valence-corrected chi connectivity index (χ2v) is 4.06. The molecule has 0 spiro atoms. The van der Waals surface area contributed by atoms with E-state index >= 15 is 0 Å². The van der Waals surface area contributed by atoms with Gasteiger partial charge in [0.2, 0.25) is 0 Å². The van der Waals surface area contributed by atoms with Crippen LogP contribution in [0.25, 0.3) is 0 Å². The highest BCUT2D eigenvalue weighted by atomic mass is 16.5. The van der Waals surface area contributed by atoms with Crippen molar-refractivity contribution in [2.75, 3.05) is 0 Å². The summed E-state index contributed by atoms with van der Waals surface area (Å²) in [4.78, 5) is 29.5. The molecular formula is C14H12N2O4. The number of hydrogen-bond acceptors (Lipinski definition) is 5. The minimum absolute atomic E-state index is 0.0101. The molecule has 0 radical (unpaired) electrons. The number of aromatic nitrogens is 2. The molecule has 6 heteroatoms. The highest BCUT2D eigenvalue weighted by Crippen LogP contribution is 2.13. The predicted molar refractivity (Wildman–Crippen MR) is 69.8 cm³/mol. The number of ether oxygens (including phenoxy) is 1. The SMILES string of the molecule is CC(=O)c1ccc(OCc2ncc(C(=O)O)cn2)cc1. The molecule has 0 amide bonds. The van der Waals surface area contributed by atoms with Crippen molar-refractivity contribution in [2.24, 2.45) is 0 Å². The smallest absolute Gasteiger partial charge is 0.338 e. The zero-order valence-corrected chi connectivity index (χ0v) is 10.7. The Kier molecular flexibility index (Phi) is 4.05. The molecule has 0 fully saturated rings. The number of hydrogen-bond donors (Lipinski definition) is 1. The summed E-state index contributed by atoms with van der Waals surface area (Å²) in [5.41, 5.74) is 0.638. The fourth-order valence-corrected chi connectivity index (χ4v) is 1.47. The third-order valence-corrected chi connectivity index (χ3v) is 2.58. The van der Waals surface area contributed by atoms with Gasteiger partial charge in [-0.3, -0.25) is 4.79 Å². The van der Waals surface area contributed by atoms with E-state index < -0.39 is 5.97 Å². The minimum atomic E-state index is -1.07. The van der Waals surface area contributed by atoms with Crippen LogP contribution in [0.3, 0.4) is 0 Å². The Morgan fingerprint density at radius 2 is 1.70 bits per heavy atom. The molecule has 0 saturated carbocycles. The molecule has 2 aromatic rings. The summed E-state index contributed by atoms with van der Waals surface area (Å²) in [6.45, 7) is 1.62. The van der Waals surface area contributed by atoms with Crippen LogP contribution in [0.5, 0.6) is 5.75 Å². The molecule has 6 nitrogen and oxygen atoms in total. The van der Waals surface area contributed by atoms with Crippen LogP contribution >= 0.6 is 0 Å². The van der Waals surface area contributed by atoms with Gasteiger partial charge in [0.1, 0.15) is 12.4 Å². The minimum Gasteiger partial charge on any atom is -0.486 e. The topological polar surface area (TPSA) is 89.4 Å². The Bertz CT molecular complexity index is 563. The van der Waals surface area contributed by atoms with Crippen molar-refractivity contribution in [1.29, 1.82) is 0 Å². The number of carboxylic acid groups (broad SMARTS) is 1. The maximum Gasteiger partial charge on any atom is 0.338 e. The van der Waals surface area contributed by atoms with Crippen molar-refractivity contribution in [2.45, 2.75) is 13.5 Å². The second-order valence-electron chi connectivity index (χ2n) is 4.06. The lowest BCUT2D eigenvalue weighted by atomic mass is 10.1. The van der Waals surface area contributed by atoms with Gasteiger partial charge in [-0.25, -0.2) is 14.8 Å². The van der Waals surface area contributed by atoms with Gasteiger partial charge in [-0.2, -0.15) is 0 Å². The molecule has 0 aliphatic heterocycles. The number of nitrogens with zero attached hydrogens (tertiary/aromatic N) is 2. The summed E-state index contributed by atoms with van der Waals surface area (Å²) in [7, 11) is 0. The van der Waals surface area contributed by atoms with E-state index in [4.69, 9.17) is 9.84 Å². The molecule has 0 aliphatic rings. The third kappa shape index (κ3) is 3.38. The van der Waals surface area contributed by atoms with E-state index in [0.717, 1.165) is 0 Å². The van der Waals surface area contributed by atoms with Crippen LogP contribution in [-0.2, 0) is 6.61 Å². The zero-order valence-electron chi connectivity index (χ0n) is 10.7. The average molecular weight is 272 g/mol. The molecule has 20 heavy (non-hydrogen) atoms. The lowest BCUT2D eigenvalue weighted by Gasteiger charge is -2.05. The standard InChI is InChI=1S/C14H12N2O4/c1-9(17)10-2-4-12(5-3-10)20-8-13-15-6-11(7-16-13)14(18)19/h2-7H,8H2,1H3,(H,18,19). The number of rotatable bonds is 5. The number of carboxylic acids is 1. The Hall–Kier alpha value is -2.76. The highest BCUT2D eigenvalue weighted by Gasteiger charge is 2.05. The van der Waals surface area contributed by atoms with E-state index in [2.05, 4.69) is 9.97 Å². The monoisotopic (exact) mass is 272 g/mol. The van der Waals surface area contributed by atoms with Crippen molar-refractivity contribution in [3.05, 3.63) is 53.6 Å². The second kappa shape index (κ2) is 5.92. The quantitative estimate of drug-likeness (QED) is 0.837. The third-order valence-electron chi connectivity index (χ3n) is 2.58. The Morgan fingerprint density at radius 1 is 1.10 bits per heavy atom. The molecule has 0 atom stereocenters. The van der Waals surface area contributed by atoms with Crippen molar-refractivity contribution < 1.29 is 19.4 Å². The molecule has 0 unspecified atom stereocenters. The van der Waals surface area contributed by atoms with Crippen LogP contribution in [0, 0.1) is 0 Å². The molecular weight excluding hydrogens is 260 g/mol. The molecule has 1 heterocycles. The average Bonchev–Trinajstić information content (AvgIpc) is 2.46. The van der Waals surface area contributed by atoms with Crippen LogP contribution in [-0.4, -0.2) is 26.8 Å². The number of carbonyl (C=O) groups excluding carboxylic acids is 1. The van der Waals surface area contributed by atoms with Crippen molar-refractivity contribution >= 4 is 11.8 Å². The van der Waals surface area contributed by atoms with E-state index in [0.29, 0.717) is 17.1 Å². The van der Waals surface area contributed by atoms with Gasteiger partial charge in [-0.1, -0.05) is 0 Å². The zero-order chi connectivity index (χ0) is 14.5. The van der Waals surface area contributed by atoms with E-state index in [-0.39, 0.29) is 18.0 Å². The van der Waals surface area contributed by atoms with Crippen LogP contribution in [0.2, 0.25) is 0 Å². The first kappa shape index (κ1) is 13.7. The normalized spacial score (nSPS) is 10.1. The molecule has 0 bridgehead atoms. The largest absolute Gasteiger partial charge is 0.486 e. The number of Topliss-reactive ketones (excluding diaryl/α,β-unsaturated/α-hetero) is 1. The molecule has 0 aliphatic carbocycles. The van der Waals surface area contributed by atoms with Gasteiger partial charge in [0.15, 0.2) is 11.6 Å². The van der Waals surface area contributed by atoms with E-state index in [1.807, 2.05) is 0 Å². The first-order valence-corrected chi connectivity index (χ1v) is 5.84. The maximum absolute atomic E-state index is 11.1. The van der Waals surface area contributed by atoms with Gasteiger partial charge in [0.25, 0.3) is 0 Å². The predicted octanol–water partition coefficient (Wildman–Crippen LogP) is 1.96. The lowest BCUT2D eigenvalue weighted by molar-refractivity contribution is 0.0695. The molecule has 102 valence electrons. The fourth-order valence-electron chi connectivity index (χ4n) is 1.47. The maximum atomic E-state index is 11.1. The lowest BCUT2D eigenvalue weighted by Crippen LogP contribution is -2.04.